The van der Waals surface area contributed by atoms with Crippen LogP contribution in [0.4, 0.5) is 11.4 Å². The normalized spacial score (nSPS) is 29.5. The molecule has 0 saturated carbocycles. The van der Waals surface area contributed by atoms with Crippen molar-refractivity contribution in [2.24, 2.45) is 11.8 Å². The van der Waals surface area contributed by atoms with E-state index in [0.717, 1.165) is 27.2 Å². The maximum atomic E-state index is 13.8. The maximum Gasteiger partial charge on any atom is 0.269 e. The van der Waals surface area contributed by atoms with E-state index in [1.807, 2.05) is 48.5 Å². The van der Waals surface area contributed by atoms with Gasteiger partial charge in [0.05, 0.1) is 22.4 Å². The number of nitro groups is 1. The molecule has 1 heterocycles. The fourth-order valence-corrected chi connectivity index (χ4v) is 6.74. The molecule has 2 bridgehead atoms. The summed E-state index contributed by atoms with van der Waals surface area (Å²) in [4.78, 5) is 36.6. The Balaban J connectivity index is 1.60. The fourth-order valence-electron chi connectivity index (χ4n) is 5.65. The Hall–Kier alpha value is -3.22. The van der Waals surface area contributed by atoms with Crippen LogP contribution in [-0.4, -0.2) is 16.7 Å². The second kappa shape index (κ2) is 6.18. The quantitative estimate of drug-likeness (QED) is 0.238. The molecule has 1 saturated heterocycles. The van der Waals surface area contributed by atoms with Gasteiger partial charge in [-0.1, -0.05) is 48.5 Å². The Morgan fingerprint density at radius 3 is 1.44 bits per heavy atom. The van der Waals surface area contributed by atoms with Gasteiger partial charge in [0, 0.05) is 12.1 Å². The largest absolute Gasteiger partial charge is 0.274 e. The van der Waals surface area contributed by atoms with Gasteiger partial charge in [0.2, 0.25) is 11.8 Å². The average Bonchev–Trinajstić information content (AvgIpc) is 3.08. The van der Waals surface area contributed by atoms with Crippen molar-refractivity contribution in [1.29, 1.82) is 0 Å². The number of hydrogen-bond acceptors (Lipinski definition) is 4. The number of carbonyl (C=O) groups excluding carboxylic acids is 2. The fraction of sp³-hybridized carbons (Fsp3) is 0.167. The maximum absolute atomic E-state index is 13.8. The molecule has 1 aliphatic heterocycles. The molecule has 3 aromatic rings. The van der Waals surface area contributed by atoms with Gasteiger partial charge >= 0.3 is 0 Å². The summed E-state index contributed by atoms with van der Waals surface area (Å²) in [5, 5.41) is 11.0. The lowest BCUT2D eigenvalue weighted by Gasteiger charge is -2.54. The standard InChI is InChI=1S/C24H14Cl2N2O4/c25-23-15-5-1-2-6-16(15)24(26,18-8-4-3-7-17(18)23)20-19(23)21(29)27(22(20)30)13-9-11-14(12-10-13)28(31)32/h1-12,19-20H/t19-,20+,23?,24?. The molecule has 158 valence electrons. The van der Waals surface area contributed by atoms with Crippen molar-refractivity contribution < 1.29 is 14.5 Å². The summed E-state index contributed by atoms with van der Waals surface area (Å²) in [7, 11) is 0. The summed E-state index contributed by atoms with van der Waals surface area (Å²) in [5.41, 5.74) is 3.03. The van der Waals surface area contributed by atoms with Gasteiger partial charge < -0.3 is 0 Å². The molecule has 2 atom stereocenters. The van der Waals surface area contributed by atoms with E-state index in [1.165, 1.54) is 24.3 Å². The summed E-state index contributed by atoms with van der Waals surface area (Å²) >= 11 is 14.7. The lowest BCUT2D eigenvalue weighted by molar-refractivity contribution is -0.384. The van der Waals surface area contributed by atoms with Crippen LogP contribution >= 0.6 is 23.2 Å². The van der Waals surface area contributed by atoms with Crippen LogP contribution in [0.5, 0.6) is 0 Å². The Morgan fingerprint density at radius 2 is 1.09 bits per heavy atom. The van der Waals surface area contributed by atoms with Crippen molar-refractivity contribution in [1.82, 2.24) is 0 Å². The molecule has 3 aliphatic carbocycles. The highest BCUT2D eigenvalue weighted by atomic mass is 35.5. The number of anilines is 1. The second-order valence-electron chi connectivity index (χ2n) is 8.26. The topological polar surface area (TPSA) is 80.5 Å². The Labute approximate surface area is 192 Å². The number of imide groups is 1. The molecule has 0 N–H and O–H groups in total. The van der Waals surface area contributed by atoms with E-state index in [-0.39, 0.29) is 11.4 Å². The average molecular weight is 465 g/mol. The predicted octanol–water partition coefficient (Wildman–Crippen LogP) is 4.69. The molecule has 2 amide bonds. The van der Waals surface area contributed by atoms with Gasteiger partial charge in [-0.15, -0.1) is 23.2 Å². The molecular formula is C24H14Cl2N2O4. The van der Waals surface area contributed by atoms with E-state index >= 15 is 0 Å². The van der Waals surface area contributed by atoms with Crippen molar-refractivity contribution in [3.63, 3.8) is 0 Å². The first-order chi connectivity index (χ1) is 15.3. The molecule has 7 rings (SSSR count). The zero-order valence-corrected chi connectivity index (χ0v) is 17.9. The van der Waals surface area contributed by atoms with Crippen molar-refractivity contribution in [2.75, 3.05) is 4.90 Å². The van der Waals surface area contributed by atoms with Gasteiger partial charge in [0.15, 0.2) is 0 Å². The van der Waals surface area contributed by atoms with Crippen molar-refractivity contribution >= 4 is 46.4 Å². The van der Waals surface area contributed by atoms with Gasteiger partial charge in [-0.05, 0) is 34.4 Å². The van der Waals surface area contributed by atoms with Crippen LogP contribution in [0.1, 0.15) is 22.3 Å². The third-order valence-electron chi connectivity index (χ3n) is 6.90. The summed E-state index contributed by atoms with van der Waals surface area (Å²) < 4.78 is 0. The number of nitrogens with zero attached hydrogens (tertiary/aromatic N) is 2. The second-order valence-corrected chi connectivity index (χ2v) is 9.45. The van der Waals surface area contributed by atoms with Crippen LogP contribution in [0.2, 0.25) is 0 Å². The minimum Gasteiger partial charge on any atom is -0.274 e. The molecule has 0 aromatic heterocycles. The Bertz CT molecular complexity index is 1230. The lowest BCUT2D eigenvalue weighted by atomic mass is 9.54. The summed E-state index contributed by atoms with van der Waals surface area (Å²) in [6.07, 6.45) is 0. The lowest BCUT2D eigenvalue weighted by Crippen LogP contribution is -2.57. The van der Waals surface area contributed by atoms with Crippen LogP contribution in [-0.2, 0) is 19.3 Å². The van der Waals surface area contributed by atoms with E-state index < -0.39 is 38.3 Å². The summed E-state index contributed by atoms with van der Waals surface area (Å²) in [6, 6.07) is 20.1. The third-order valence-corrected chi connectivity index (χ3v) is 8.19. The highest BCUT2D eigenvalue weighted by Crippen LogP contribution is 2.69. The number of carbonyl (C=O) groups is 2. The smallest absolute Gasteiger partial charge is 0.269 e. The first-order valence-electron chi connectivity index (χ1n) is 10.0. The summed E-state index contributed by atoms with van der Waals surface area (Å²) in [6.45, 7) is 0. The zero-order chi connectivity index (χ0) is 22.4. The van der Waals surface area contributed by atoms with Crippen LogP contribution in [0.3, 0.4) is 0 Å². The SMILES string of the molecule is O=C1[C@@H]2[C@H](C(=O)N1c1ccc([N+](=O)[O-])cc1)C1(Cl)c3ccccc3C2(Cl)c2ccccc21. The van der Waals surface area contributed by atoms with Crippen LogP contribution in [0, 0.1) is 22.0 Å². The van der Waals surface area contributed by atoms with Gasteiger partial charge in [0.25, 0.3) is 5.69 Å². The molecular weight excluding hydrogens is 451 g/mol. The number of hydrogen-bond donors (Lipinski definition) is 0. The molecule has 0 spiro atoms. The van der Waals surface area contributed by atoms with E-state index in [9.17, 15) is 19.7 Å². The Kier molecular flexibility index (Phi) is 3.76. The highest BCUT2D eigenvalue weighted by molar-refractivity contribution is 6.38. The number of non-ortho nitro benzene ring substituents is 1. The van der Waals surface area contributed by atoms with E-state index in [1.54, 1.807) is 0 Å². The van der Waals surface area contributed by atoms with Gasteiger partial charge in [-0.3, -0.25) is 19.7 Å². The van der Waals surface area contributed by atoms with Crippen molar-refractivity contribution in [2.45, 2.75) is 9.75 Å². The molecule has 0 radical (unpaired) electrons. The first-order valence-corrected chi connectivity index (χ1v) is 10.8. The minimum absolute atomic E-state index is 0.132. The van der Waals surface area contributed by atoms with Crippen LogP contribution < -0.4 is 4.90 Å². The number of rotatable bonds is 2. The number of benzene rings is 3. The molecule has 32 heavy (non-hydrogen) atoms. The van der Waals surface area contributed by atoms with E-state index in [2.05, 4.69) is 0 Å². The number of nitro benzene ring substituents is 1. The van der Waals surface area contributed by atoms with Crippen molar-refractivity contribution in [3.05, 3.63) is 105 Å². The molecule has 1 fully saturated rings. The minimum atomic E-state index is -1.25. The van der Waals surface area contributed by atoms with Gasteiger partial charge in [0.1, 0.15) is 9.75 Å². The first kappa shape index (κ1) is 19.5. The number of amides is 2. The summed E-state index contributed by atoms with van der Waals surface area (Å²) in [5.74, 6) is -2.74. The number of alkyl halides is 2. The van der Waals surface area contributed by atoms with Crippen LogP contribution in [0.25, 0.3) is 0 Å². The third kappa shape index (κ3) is 2.07. The van der Waals surface area contributed by atoms with Crippen molar-refractivity contribution in [3.8, 4) is 0 Å². The van der Waals surface area contributed by atoms with E-state index in [4.69, 9.17) is 23.2 Å². The molecule has 4 aliphatic rings. The monoisotopic (exact) mass is 464 g/mol. The Morgan fingerprint density at radius 1 is 0.719 bits per heavy atom. The van der Waals surface area contributed by atoms with Crippen LogP contribution in [0.15, 0.2) is 72.8 Å². The molecule has 3 aromatic carbocycles. The zero-order valence-electron chi connectivity index (χ0n) is 16.4. The highest BCUT2D eigenvalue weighted by Gasteiger charge is 2.73. The van der Waals surface area contributed by atoms with Gasteiger partial charge in [-0.25, -0.2) is 4.90 Å². The molecule has 8 heteroatoms. The predicted molar refractivity (Wildman–Crippen MR) is 119 cm³/mol. The van der Waals surface area contributed by atoms with E-state index in [0.29, 0.717) is 0 Å². The van der Waals surface area contributed by atoms with Gasteiger partial charge in [-0.2, -0.15) is 0 Å². The number of halogens is 2. The molecule has 6 nitrogen and oxygen atoms in total. The molecule has 0 unspecified atom stereocenters.